The highest BCUT2D eigenvalue weighted by atomic mass is 16.3. The first-order valence-corrected chi connectivity index (χ1v) is 5.42. The van der Waals surface area contributed by atoms with Gasteiger partial charge in [0.25, 0.3) is 0 Å². The fourth-order valence-corrected chi connectivity index (χ4v) is 1.23. The van der Waals surface area contributed by atoms with Crippen LogP contribution in [-0.4, -0.2) is 22.2 Å². The van der Waals surface area contributed by atoms with Crippen LogP contribution in [0.15, 0.2) is 24.4 Å². The summed E-state index contributed by atoms with van der Waals surface area (Å²) in [5.41, 5.74) is 0.368. The van der Waals surface area contributed by atoms with Crippen molar-refractivity contribution in [3.05, 3.63) is 30.1 Å². The molecule has 0 saturated heterocycles. The highest BCUT2D eigenvalue weighted by molar-refractivity contribution is 5.07. The normalized spacial score (nSPS) is 17.1. The van der Waals surface area contributed by atoms with Gasteiger partial charge in [0, 0.05) is 18.8 Å². The summed E-state index contributed by atoms with van der Waals surface area (Å²) in [6.45, 7) is 6.45. The summed E-state index contributed by atoms with van der Waals surface area (Å²) >= 11 is 0. The second-order valence-electron chi connectivity index (χ2n) is 4.21. The molecule has 0 amide bonds. The first-order valence-electron chi connectivity index (χ1n) is 5.42. The average molecular weight is 208 g/mol. The fraction of sp³-hybridized carbons (Fsp3) is 0.583. The highest BCUT2D eigenvalue weighted by Gasteiger charge is 2.18. The van der Waals surface area contributed by atoms with E-state index in [9.17, 15) is 5.11 Å². The predicted octanol–water partition coefficient (Wildman–Crippen LogP) is 1.89. The molecule has 0 spiro atoms. The van der Waals surface area contributed by atoms with Crippen LogP contribution in [0.2, 0.25) is 0 Å². The van der Waals surface area contributed by atoms with Crippen molar-refractivity contribution in [3.63, 3.8) is 0 Å². The van der Waals surface area contributed by atoms with Crippen molar-refractivity contribution < 1.29 is 5.11 Å². The molecular weight excluding hydrogens is 188 g/mol. The lowest BCUT2D eigenvalue weighted by molar-refractivity contribution is 0.0532. The lowest BCUT2D eigenvalue weighted by atomic mass is 10.0. The number of nitrogens with zero attached hydrogens (tertiary/aromatic N) is 1. The van der Waals surface area contributed by atoms with Gasteiger partial charge in [-0.05, 0) is 32.4 Å². The second kappa shape index (κ2) is 5.24. The number of nitrogens with one attached hydrogen (secondary N) is 1. The molecule has 0 saturated carbocycles. The monoisotopic (exact) mass is 208 g/mol. The zero-order valence-electron chi connectivity index (χ0n) is 9.70. The Morgan fingerprint density at radius 1 is 1.53 bits per heavy atom. The zero-order chi connectivity index (χ0) is 11.3. The Morgan fingerprint density at radius 3 is 2.80 bits per heavy atom. The average Bonchev–Trinajstić information content (AvgIpc) is 2.27. The number of aromatic nitrogens is 1. The standard InChI is InChI=1S/C12H20N2O/c1-4-12(3,15)9-14-10(2)11-7-5-6-8-13-11/h5-8,10,14-15H,4,9H2,1-3H3/t10-,12?/m0/s1. The lowest BCUT2D eigenvalue weighted by Crippen LogP contribution is -2.38. The van der Waals surface area contributed by atoms with Crippen molar-refractivity contribution in [3.8, 4) is 0 Å². The van der Waals surface area contributed by atoms with Gasteiger partial charge in [-0.2, -0.15) is 0 Å². The van der Waals surface area contributed by atoms with Crippen LogP contribution in [0.5, 0.6) is 0 Å². The largest absolute Gasteiger partial charge is 0.389 e. The van der Waals surface area contributed by atoms with E-state index < -0.39 is 5.60 Å². The van der Waals surface area contributed by atoms with Crippen molar-refractivity contribution in [2.24, 2.45) is 0 Å². The van der Waals surface area contributed by atoms with Crippen LogP contribution in [0.1, 0.15) is 38.9 Å². The third-order valence-electron chi connectivity index (χ3n) is 2.68. The van der Waals surface area contributed by atoms with Crippen molar-refractivity contribution >= 4 is 0 Å². The van der Waals surface area contributed by atoms with E-state index in [1.807, 2.05) is 39.0 Å². The second-order valence-corrected chi connectivity index (χ2v) is 4.21. The lowest BCUT2D eigenvalue weighted by Gasteiger charge is -2.24. The maximum Gasteiger partial charge on any atom is 0.0741 e. The van der Waals surface area contributed by atoms with Gasteiger partial charge in [0.2, 0.25) is 0 Å². The summed E-state index contributed by atoms with van der Waals surface area (Å²) < 4.78 is 0. The maximum absolute atomic E-state index is 9.84. The molecule has 0 radical (unpaired) electrons. The molecule has 0 fully saturated rings. The van der Waals surface area contributed by atoms with Crippen LogP contribution in [0.25, 0.3) is 0 Å². The van der Waals surface area contributed by atoms with Crippen molar-refractivity contribution in [2.75, 3.05) is 6.54 Å². The molecule has 0 aliphatic heterocycles. The van der Waals surface area contributed by atoms with Crippen LogP contribution in [0, 0.1) is 0 Å². The van der Waals surface area contributed by atoms with Gasteiger partial charge in [-0.15, -0.1) is 0 Å². The molecular formula is C12H20N2O. The SMILES string of the molecule is CCC(C)(O)CN[C@@H](C)c1ccccn1. The highest BCUT2D eigenvalue weighted by Crippen LogP contribution is 2.11. The molecule has 2 N–H and O–H groups in total. The minimum Gasteiger partial charge on any atom is -0.389 e. The topological polar surface area (TPSA) is 45.1 Å². The Labute approximate surface area is 91.5 Å². The molecule has 84 valence electrons. The van der Waals surface area contributed by atoms with Gasteiger partial charge in [-0.25, -0.2) is 0 Å². The Morgan fingerprint density at radius 2 is 2.27 bits per heavy atom. The summed E-state index contributed by atoms with van der Waals surface area (Å²) in [6.07, 6.45) is 2.53. The molecule has 1 aromatic heterocycles. The van der Waals surface area contributed by atoms with Crippen LogP contribution in [-0.2, 0) is 0 Å². The van der Waals surface area contributed by atoms with Crippen molar-refractivity contribution in [1.82, 2.24) is 10.3 Å². The molecule has 15 heavy (non-hydrogen) atoms. The number of aliphatic hydroxyl groups is 1. The number of pyridine rings is 1. The third-order valence-corrected chi connectivity index (χ3v) is 2.68. The Balaban J connectivity index is 2.47. The quantitative estimate of drug-likeness (QED) is 0.776. The molecule has 1 rings (SSSR count). The van der Waals surface area contributed by atoms with E-state index in [0.717, 1.165) is 12.1 Å². The summed E-state index contributed by atoms with van der Waals surface area (Å²) in [5.74, 6) is 0. The van der Waals surface area contributed by atoms with E-state index in [2.05, 4.69) is 10.3 Å². The van der Waals surface area contributed by atoms with Gasteiger partial charge in [0.05, 0.1) is 11.3 Å². The number of rotatable bonds is 5. The molecule has 0 bridgehead atoms. The van der Waals surface area contributed by atoms with Crippen molar-refractivity contribution in [1.29, 1.82) is 0 Å². The molecule has 3 heteroatoms. The minimum atomic E-state index is -0.636. The molecule has 1 unspecified atom stereocenters. The predicted molar refractivity (Wildman–Crippen MR) is 61.6 cm³/mol. The number of hydrogen-bond acceptors (Lipinski definition) is 3. The van der Waals surface area contributed by atoms with Crippen LogP contribution in [0.3, 0.4) is 0 Å². The molecule has 2 atom stereocenters. The minimum absolute atomic E-state index is 0.171. The van der Waals surface area contributed by atoms with Gasteiger partial charge in [0.15, 0.2) is 0 Å². The van der Waals surface area contributed by atoms with E-state index >= 15 is 0 Å². The Hall–Kier alpha value is -0.930. The molecule has 1 heterocycles. The van der Waals surface area contributed by atoms with Crippen LogP contribution in [0.4, 0.5) is 0 Å². The Kier molecular flexibility index (Phi) is 4.24. The van der Waals surface area contributed by atoms with Gasteiger partial charge in [0.1, 0.15) is 0 Å². The van der Waals surface area contributed by atoms with Crippen LogP contribution < -0.4 is 5.32 Å². The summed E-state index contributed by atoms with van der Waals surface area (Å²) in [6, 6.07) is 6.03. The zero-order valence-corrected chi connectivity index (χ0v) is 9.70. The van der Waals surface area contributed by atoms with Crippen molar-refractivity contribution in [2.45, 2.75) is 38.8 Å². The maximum atomic E-state index is 9.84. The van der Waals surface area contributed by atoms with Gasteiger partial charge in [-0.3, -0.25) is 4.98 Å². The van der Waals surface area contributed by atoms with E-state index in [0.29, 0.717) is 6.54 Å². The smallest absolute Gasteiger partial charge is 0.0741 e. The van der Waals surface area contributed by atoms with E-state index in [1.54, 1.807) is 6.20 Å². The molecule has 1 aromatic rings. The summed E-state index contributed by atoms with van der Waals surface area (Å²) in [7, 11) is 0. The summed E-state index contributed by atoms with van der Waals surface area (Å²) in [4.78, 5) is 4.26. The first-order chi connectivity index (χ1) is 7.05. The number of hydrogen-bond donors (Lipinski definition) is 2. The van der Waals surface area contributed by atoms with Gasteiger partial charge >= 0.3 is 0 Å². The van der Waals surface area contributed by atoms with Gasteiger partial charge < -0.3 is 10.4 Å². The molecule has 0 aliphatic rings. The first kappa shape index (κ1) is 12.1. The van der Waals surface area contributed by atoms with E-state index in [-0.39, 0.29) is 6.04 Å². The molecule has 0 aliphatic carbocycles. The van der Waals surface area contributed by atoms with Gasteiger partial charge in [-0.1, -0.05) is 13.0 Å². The molecule has 3 nitrogen and oxygen atoms in total. The van der Waals surface area contributed by atoms with E-state index in [1.165, 1.54) is 0 Å². The van der Waals surface area contributed by atoms with Crippen LogP contribution >= 0.6 is 0 Å². The fourth-order valence-electron chi connectivity index (χ4n) is 1.23. The molecule has 0 aromatic carbocycles. The van der Waals surface area contributed by atoms with E-state index in [4.69, 9.17) is 0 Å². The summed E-state index contributed by atoms with van der Waals surface area (Å²) in [5, 5.41) is 13.1. The third kappa shape index (κ3) is 3.98. The Bertz CT molecular complexity index is 285.